The van der Waals surface area contributed by atoms with Gasteiger partial charge in [0.15, 0.2) is 0 Å². The second kappa shape index (κ2) is 18.8. The van der Waals surface area contributed by atoms with Gasteiger partial charge in [0.2, 0.25) is 0 Å². The first-order valence-corrected chi connectivity index (χ1v) is 14.7. The van der Waals surface area contributed by atoms with Gasteiger partial charge >= 0.3 is 11.9 Å². The minimum atomic E-state index is -0.688. The SMILES string of the molecule is C=CCOCCOCCOCCOc1ccc(C(=O)Oc2ccc(-c3ccc(OC(=O)C(Cl)C(C)CC)cc3)cc2)cc1. The zero-order chi connectivity index (χ0) is 30.9. The Morgan fingerprint density at radius 1 is 0.721 bits per heavy atom. The van der Waals surface area contributed by atoms with E-state index in [1.165, 1.54) is 0 Å². The summed E-state index contributed by atoms with van der Waals surface area (Å²) in [4.78, 5) is 24.8. The molecule has 2 atom stereocenters. The van der Waals surface area contributed by atoms with Crippen LogP contribution in [0.4, 0.5) is 0 Å². The standard InChI is InChI=1S/C34H39ClO8/c1-4-18-38-19-20-39-21-22-40-23-24-41-29-12-10-28(11-13-29)33(36)42-30-14-6-26(7-15-30)27-8-16-31(17-9-27)43-34(37)32(35)25(3)5-2/h4,6-17,25,32H,1,5,18-24H2,2-3H3. The molecule has 3 rings (SSSR count). The molecule has 0 amide bonds. The summed E-state index contributed by atoms with van der Waals surface area (Å²) in [7, 11) is 0. The van der Waals surface area contributed by atoms with E-state index < -0.39 is 17.3 Å². The van der Waals surface area contributed by atoms with Crippen molar-refractivity contribution in [2.45, 2.75) is 25.6 Å². The number of halogens is 1. The van der Waals surface area contributed by atoms with E-state index in [1.54, 1.807) is 54.6 Å². The molecule has 230 valence electrons. The molecule has 0 fully saturated rings. The smallest absolute Gasteiger partial charge is 0.343 e. The van der Waals surface area contributed by atoms with Gasteiger partial charge in [-0.15, -0.1) is 18.2 Å². The Bertz CT molecular complexity index is 1260. The Balaban J connectivity index is 1.38. The summed E-state index contributed by atoms with van der Waals surface area (Å²) in [5, 5.41) is -0.688. The molecule has 0 bridgehead atoms. The van der Waals surface area contributed by atoms with Crippen LogP contribution in [-0.4, -0.2) is 63.6 Å². The maximum Gasteiger partial charge on any atom is 0.343 e. The predicted molar refractivity (Wildman–Crippen MR) is 166 cm³/mol. The number of benzene rings is 3. The van der Waals surface area contributed by atoms with E-state index in [-0.39, 0.29) is 5.92 Å². The van der Waals surface area contributed by atoms with Crippen LogP contribution in [0.1, 0.15) is 30.6 Å². The molecule has 0 saturated heterocycles. The molecule has 2 unspecified atom stereocenters. The van der Waals surface area contributed by atoms with Gasteiger partial charge in [-0.25, -0.2) is 4.79 Å². The van der Waals surface area contributed by atoms with Gasteiger partial charge in [-0.05, 0) is 65.6 Å². The van der Waals surface area contributed by atoms with Gasteiger partial charge in [0, 0.05) is 0 Å². The molecule has 0 aliphatic heterocycles. The average molecular weight is 611 g/mol. The maximum absolute atomic E-state index is 12.6. The third kappa shape index (κ3) is 11.8. The molecule has 0 radical (unpaired) electrons. The van der Waals surface area contributed by atoms with Crippen LogP contribution in [0.5, 0.6) is 17.2 Å². The molecular weight excluding hydrogens is 572 g/mol. The molecule has 0 aromatic heterocycles. The van der Waals surface area contributed by atoms with E-state index in [9.17, 15) is 9.59 Å². The number of hydrogen-bond donors (Lipinski definition) is 0. The van der Waals surface area contributed by atoms with E-state index >= 15 is 0 Å². The Morgan fingerprint density at radius 2 is 1.21 bits per heavy atom. The van der Waals surface area contributed by atoms with Gasteiger partial charge in [-0.2, -0.15) is 0 Å². The van der Waals surface area contributed by atoms with E-state index in [0.29, 0.717) is 69.1 Å². The minimum Gasteiger partial charge on any atom is -0.491 e. The number of rotatable bonds is 19. The number of carbonyl (C=O) groups excluding carboxylic acids is 2. The monoisotopic (exact) mass is 610 g/mol. The summed E-state index contributed by atoms with van der Waals surface area (Å²) >= 11 is 6.18. The first-order valence-electron chi connectivity index (χ1n) is 14.3. The lowest BCUT2D eigenvalue weighted by molar-refractivity contribution is -0.134. The second-order valence-electron chi connectivity index (χ2n) is 9.61. The third-order valence-corrected chi connectivity index (χ3v) is 7.01. The molecule has 9 heteroatoms. The van der Waals surface area contributed by atoms with Crippen molar-refractivity contribution in [3.8, 4) is 28.4 Å². The molecule has 3 aromatic carbocycles. The number of esters is 2. The van der Waals surface area contributed by atoms with Crippen molar-refractivity contribution in [3.63, 3.8) is 0 Å². The molecular formula is C34H39ClO8. The lowest BCUT2D eigenvalue weighted by atomic mass is 10.0. The van der Waals surface area contributed by atoms with Gasteiger partial charge in [0.25, 0.3) is 0 Å². The van der Waals surface area contributed by atoms with Crippen LogP contribution in [0.15, 0.2) is 85.5 Å². The normalized spacial score (nSPS) is 12.3. The lowest BCUT2D eigenvalue weighted by Gasteiger charge is -2.15. The van der Waals surface area contributed by atoms with Gasteiger partial charge in [0.05, 0.1) is 45.2 Å². The Hall–Kier alpha value is -3.69. The number of carbonyl (C=O) groups is 2. The van der Waals surface area contributed by atoms with E-state index in [2.05, 4.69) is 6.58 Å². The van der Waals surface area contributed by atoms with Crippen molar-refractivity contribution in [3.05, 3.63) is 91.0 Å². The molecule has 0 saturated carbocycles. The van der Waals surface area contributed by atoms with Crippen LogP contribution in [0, 0.1) is 5.92 Å². The summed E-state index contributed by atoms with van der Waals surface area (Å²) in [5.74, 6) is 0.574. The quantitative estimate of drug-likeness (QED) is 0.0484. The summed E-state index contributed by atoms with van der Waals surface area (Å²) < 4.78 is 32.7. The zero-order valence-electron chi connectivity index (χ0n) is 24.7. The second-order valence-corrected chi connectivity index (χ2v) is 10.1. The van der Waals surface area contributed by atoms with E-state index in [4.69, 9.17) is 40.0 Å². The molecule has 43 heavy (non-hydrogen) atoms. The number of hydrogen-bond acceptors (Lipinski definition) is 8. The highest BCUT2D eigenvalue weighted by Gasteiger charge is 2.23. The van der Waals surface area contributed by atoms with E-state index in [0.717, 1.165) is 17.5 Å². The summed E-state index contributed by atoms with van der Waals surface area (Å²) in [5.41, 5.74) is 2.24. The van der Waals surface area contributed by atoms with Crippen molar-refractivity contribution in [1.29, 1.82) is 0 Å². The highest BCUT2D eigenvalue weighted by molar-refractivity contribution is 6.30. The highest BCUT2D eigenvalue weighted by Crippen LogP contribution is 2.26. The molecule has 0 N–H and O–H groups in total. The van der Waals surface area contributed by atoms with Crippen molar-refractivity contribution in [2.24, 2.45) is 5.92 Å². The summed E-state index contributed by atoms with van der Waals surface area (Å²) in [6.07, 6.45) is 2.48. The Kier molecular flexibility index (Phi) is 14.8. The fraction of sp³-hybridized carbons (Fsp3) is 0.353. The van der Waals surface area contributed by atoms with Crippen LogP contribution >= 0.6 is 11.6 Å². The molecule has 0 heterocycles. The van der Waals surface area contributed by atoms with Crippen molar-refractivity contribution >= 4 is 23.5 Å². The van der Waals surface area contributed by atoms with Crippen LogP contribution in [0.25, 0.3) is 11.1 Å². The number of ether oxygens (including phenoxy) is 6. The van der Waals surface area contributed by atoms with Crippen LogP contribution in [-0.2, 0) is 19.0 Å². The molecule has 3 aromatic rings. The first-order chi connectivity index (χ1) is 20.9. The summed E-state index contributed by atoms with van der Waals surface area (Å²) in [6, 6.07) is 21.0. The van der Waals surface area contributed by atoms with E-state index in [1.807, 2.05) is 38.1 Å². The fourth-order valence-electron chi connectivity index (χ4n) is 3.72. The van der Waals surface area contributed by atoms with Crippen LogP contribution in [0.2, 0.25) is 0 Å². The maximum atomic E-state index is 12.6. The van der Waals surface area contributed by atoms with Gasteiger partial charge in [-0.1, -0.05) is 50.6 Å². The van der Waals surface area contributed by atoms with Gasteiger partial charge < -0.3 is 28.4 Å². The molecule has 8 nitrogen and oxygen atoms in total. The van der Waals surface area contributed by atoms with Crippen molar-refractivity contribution in [2.75, 3.05) is 46.2 Å². The topological polar surface area (TPSA) is 89.5 Å². The zero-order valence-corrected chi connectivity index (χ0v) is 25.4. The molecule has 0 spiro atoms. The van der Waals surface area contributed by atoms with Crippen molar-refractivity contribution in [1.82, 2.24) is 0 Å². The highest BCUT2D eigenvalue weighted by atomic mass is 35.5. The Labute approximate surface area is 258 Å². The third-order valence-electron chi connectivity index (χ3n) is 6.41. The number of alkyl halides is 1. The fourth-order valence-corrected chi connectivity index (χ4v) is 3.94. The van der Waals surface area contributed by atoms with Crippen LogP contribution < -0.4 is 14.2 Å². The van der Waals surface area contributed by atoms with Gasteiger partial charge in [-0.3, -0.25) is 4.79 Å². The first kappa shape index (κ1) is 33.8. The Morgan fingerprint density at radius 3 is 1.74 bits per heavy atom. The average Bonchev–Trinajstić information content (AvgIpc) is 3.04. The van der Waals surface area contributed by atoms with Crippen LogP contribution in [0.3, 0.4) is 0 Å². The minimum absolute atomic E-state index is 0.0288. The van der Waals surface area contributed by atoms with Crippen molar-refractivity contribution < 1.29 is 38.0 Å². The largest absolute Gasteiger partial charge is 0.491 e. The summed E-state index contributed by atoms with van der Waals surface area (Å²) in [6.45, 7) is 10.8. The lowest BCUT2D eigenvalue weighted by Crippen LogP contribution is -2.26. The predicted octanol–water partition coefficient (Wildman–Crippen LogP) is 6.75. The molecule has 0 aliphatic rings. The van der Waals surface area contributed by atoms with Gasteiger partial charge in [0.1, 0.15) is 29.2 Å². The molecule has 0 aliphatic carbocycles.